The van der Waals surface area contributed by atoms with E-state index < -0.39 is 0 Å². The fraction of sp³-hybridized carbons (Fsp3) is 0.0263. The molecule has 1 unspecified atom stereocenters. The molecule has 1 N–H and O–H groups in total. The number of nitrogens with zero attached hydrogens (tertiary/aromatic N) is 2. The van der Waals surface area contributed by atoms with E-state index in [0.29, 0.717) is 0 Å². The van der Waals surface area contributed by atoms with Crippen LogP contribution in [0.25, 0.3) is 53.1 Å². The molecule has 1 aliphatic rings. The molecule has 0 radical (unpaired) electrons. The van der Waals surface area contributed by atoms with Crippen LogP contribution >= 0.6 is 11.3 Å². The first-order chi connectivity index (χ1) is 20.8. The minimum absolute atomic E-state index is 0.00155. The normalized spacial score (nSPS) is 14.6. The van der Waals surface area contributed by atoms with Crippen LogP contribution in [-0.4, -0.2) is 4.98 Å². The van der Waals surface area contributed by atoms with Crippen LogP contribution in [0, 0.1) is 0 Å². The van der Waals surface area contributed by atoms with E-state index in [9.17, 15) is 0 Å². The molecular formula is C38H25N3S. The molecule has 0 saturated carbocycles. The lowest BCUT2D eigenvalue weighted by molar-refractivity contribution is 0.828. The van der Waals surface area contributed by atoms with Crippen molar-refractivity contribution in [3.05, 3.63) is 145 Å². The molecule has 2 aromatic heterocycles. The van der Waals surface area contributed by atoms with Gasteiger partial charge in [0.05, 0.1) is 22.6 Å². The molecule has 0 aliphatic carbocycles. The quantitative estimate of drug-likeness (QED) is 0.220. The number of rotatable bonds is 3. The molecule has 6 aromatic carbocycles. The largest absolute Gasteiger partial charge is 0.359 e. The molecular weight excluding hydrogens is 531 g/mol. The van der Waals surface area contributed by atoms with Gasteiger partial charge in [0.25, 0.3) is 0 Å². The van der Waals surface area contributed by atoms with Crippen molar-refractivity contribution in [1.82, 2.24) is 4.98 Å². The molecule has 198 valence electrons. The first-order valence-corrected chi connectivity index (χ1v) is 15.1. The molecule has 1 aliphatic heterocycles. The van der Waals surface area contributed by atoms with E-state index in [4.69, 9.17) is 4.98 Å². The molecule has 3 nitrogen and oxygen atoms in total. The van der Waals surface area contributed by atoms with E-state index in [1.54, 1.807) is 0 Å². The minimum atomic E-state index is -0.00155. The second-order valence-corrected chi connectivity index (χ2v) is 11.9. The van der Waals surface area contributed by atoms with Crippen LogP contribution < -0.4 is 10.2 Å². The van der Waals surface area contributed by atoms with Crippen molar-refractivity contribution >= 4 is 70.2 Å². The molecule has 8 aromatic rings. The number of anilines is 3. The van der Waals surface area contributed by atoms with Crippen molar-refractivity contribution in [2.45, 2.75) is 6.17 Å². The smallest absolute Gasteiger partial charge is 0.130 e. The van der Waals surface area contributed by atoms with Gasteiger partial charge in [-0.15, -0.1) is 11.3 Å². The predicted molar refractivity (Wildman–Crippen MR) is 179 cm³/mol. The highest BCUT2D eigenvalue weighted by atomic mass is 32.1. The van der Waals surface area contributed by atoms with Gasteiger partial charge in [0.1, 0.15) is 6.17 Å². The van der Waals surface area contributed by atoms with Gasteiger partial charge in [-0.1, -0.05) is 103 Å². The monoisotopic (exact) mass is 555 g/mol. The number of benzene rings is 6. The maximum absolute atomic E-state index is 5.29. The van der Waals surface area contributed by atoms with Crippen LogP contribution in [0.3, 0.4) is 0 Å². The van der Waals surface area contributed by atoms with Crippen LogP contribution in [-0.2, 0) is 0 Å². The zero-order valence-corrected chi connectivity index (χ0v) is 23.5. The Morgan fingerprint density at radius 1 is 0.619 bits per heavy atom. The fourth-order valence-electron chi connectivity index (χ4n) is 6.55. The second-order valence-electron chi connectivity index (χ2n) is 10.8. The Hall–Kier alpha value is -5.19. The van der Waals surface area contributed by atoms with E-state index in [0.717, 1.165) is 28.1 Å². The predicted octanol–water partition coefficient (Wildman–Crippen LogP) is 10.7. The average Bonchev–Trinajstić information content (AvgIpc) is 3.64. The summed E-state index contributed by atoms with van der Waals surface area (Å²) in [6.07, 6.45) is -0.00155. The van der Waals surface area contributed by atoms with Crippen LogP contribution in [0.5, 0.6) is 0 Å². The lowest BCUT2D eigenvalue weighted by Crippen LogP contribution is -2.23. The zero-order chi connectivity index (χ0) is 27.6. The summed E-state index contributed by atoms with van der Waals surface area (Å²) in [7, 11) is 0. The Balaban J connectivity index is 1.29. The van der Waals surface area contributed by atoms with Crippen molar-refractivity contribution in [3.63, 3.8) is 0 Å². The Morgan fingerprint density at radius 2 is 1.38 bits per heavy atom. The van der Waals surface area contributed by atoms with E-state index >= 15 is 0 Å². The maximum Gasteiger partial charge on any atom is 0.130 e. The minimum Gasteiger partial charge on any atom is -0.359 e. The molecule has 4 heteroatoms. The number of para-hydroxylation sites is 3. The van der Waals surface area contributed by atoms with Gasteiger partial charge >= 0.3 is 0 Å². The molecule has 0 amide bonds. The highest BCUT2D eigenvalue weighted by Gasteiger charge is 2.31. The third kappa shape index (κ3) is 3.49. The van der Waals surface area contributed by atoms with Crippen LogP contribution in [0.2, 0.25) is 0 Å². The second kappa shape index (κ2) is 9.16. The van der Waals surface area contributed by atoms with Crippen molar-refractivity contribution in [3.8, 4) is 11.3 Å². The average molecular weight is 556 g/mol. The summed E-state index contributed by atoms with van der Waals surface area (Å²) < 4.78 is 2.64. The van der Waals surface area contributed by atoms with Crippen LogP contribution in [0.1, 0.15) is 11.7 Å². The third-order valence-corrected chi connectivity index (χ3v) is 9.64. The molecule has 0 fully saturated rings. The molecule has 9 rings (SSSR count). The molecule has 42 heavy (non-hydrogen) atoms. The highest BCUT2D eigenvalue weighted by molar-refractivity contribution is 7.26. The number of aromatic nitrogens is 1. The standard InChI is InChI=1S/C38H25N3S/c1-2-11-24(12-3-1)38-40-32-18-7-8-19-33(32)41(38)26-14-10-13-25(23-26)36-30-22-21-28-27-15-5-9-20-34(27)42-37(28)35(30)29-16-4-6-17-31(29)39-36/h1-23,38,40H. The molecule has 0 bridgehead atoms. The van der Waals surface area contributed by atoms with E-state index in [1.807, 2.05) is 11.3 Å². The molecule has 1 atom stereocenters. The highest BCUT2D eigenvalue weighted by Crippen LogP contribution is 2.47. The van der Waals surface area contributed by atoms with Crippen molar-refractivity contribution in [2.75, 3.05) is 10.2 Å². The van der Waals surface area contributed by atoms with Gasteiger partial charge in [0, 0.05) is 47.6 Å². The summed E-state index contributed by atoms with van der Waals surface area (Å²) in [5.74, 6) is 0. The third-order valence-electron chi connectivity index (χ3n) is 8.43. The van der Waals surface area contributed by atoms with Gasteiger partial charge in [0.15, 0.2) is 0 Å². The molecule has 3 heterocycles. The van der Waals surface area contributed by atoms with Crippen molar-refractivity contribution < 1.29 is 0 Å². The van der Waals surface area contributed by atoms with Gasteiger partial charge < -0.3 is 10.2 Å². The first kappa shape index (κ1) is 23.5. The summed E-state index contributed by atoms with van der Waals surface area (Å²) >= 11 is 1.88. The van der Waals surface area contributed by atoms with Gasteiger partial charge in [-0.3, -0.25) is 0 Å². The topological polar surface area (TPSA) is 28.2 Å². The van der Waals surface area contributed by atoms with Crippen LogP contribution in [0.15, 0.2) is 140 Å². The lowest BCUT2D eigenvalue weighted by Gasteiger charge is -2.28. The summed E-state index contributed by atoms with van der Waals surface area (Å²) in [6.45, 7) is 0. The van der Waals surface area contributed by atoms with E-state index in [-0.39, 0.29) is 6.17 Å². The van der Waals surface area contributed by atoms with Gasteiger partial charge in [-0.2, -0.15) is 0 Å². The maximum atomic E-state index is 5.29. The number of thiophene rings is 1. The summed E-state index contributed by atoms with van der Waals surface area (Å²) in [4.78, 5) is 7.70. The number of nitrogens with one attached hydrogen (secondary N) is 1. The summed E-state index contributed by atoms with van der Waals surface area (Å²) in [5.41, 5.74) is 7.81. The van der Waals surface area contributed by atoms with Crippen molar-refractivity contribution in [2.24, 2.45) is 0 Å². The zero-order valence-electron chi connectivity index (χ0n) is 22.7. The van der Waals surface area contributed by atoms with Crippen LogP contribution in [0.4, 0.5) is 17.1 Å². The Labute approximate surface area is 247 Å². The lowest BCUT2D eigenvalue weighted by atomic mass is 9.97. The fourth-order valence-corrected chi connectivity index (χ4v) is 7.82. The number of pyridine rings is 1. The Morgan fingerprint density at radius 3 is 2.31 bits per heavy atom. The van der Waals surface area contributed by atoms with Gasteiger partial charge in [0.2, 0.25) is 0 Å². The Bertz CT molecular complexity index is 2300. The molecule has 0 spiro atoms. The van der Waals surface area contributed by atoms with E-state index in [2.05, 4.69) is 150 Å². The van der Waals surface area contributed by atoms with Gasteiger partial charge in [-0.25, -0.2) is 4.98 Å². The number of fused-ring (bicyclic) bond motifs is 8. The van der Waals surface area contributed by atoms with Gasteiger partial charge in [-0.05, 0) is 42.0 Å². The SMILES string of the molecule is c1ccc(C2Nc3ccccc3N2c2cccc(-c3nc4ccccc4c4c3ccc3c5ccccc5sc34)c2)cc1. The number of hydrogen-bond donors (Lipinski definition) is 1. The summed E-state index contributed by atoms with van der Waals surface area (Å²) in [6, 6.07) is 49.9. The summed E-state index contributed by atoms with van der Waals surface area (Å²) in [5, 5.41) is 10.1. The molecule has 0 saturated heterocycles. The first-order valence-electron chi connectivity index (χ1n) is 14.3. The van der Waals surface area contributed by atoms with E-state index in [1.165, 1.54) is 47.6 Å². The number of hydrogen-bond acceptors (Lipinski definition) is 4. The Kier molecular flexibility index (Phi) is 5.13. The van der Waals surface area contributed by atoms with Crippen molar-refractivity contribution in [1.29, 1.82) is 0 Å².